The molecule has 0 aliphatic heterocycles. The largest absolute Gasteiger partial charge is 0.456 e. The summed E-state index contributed by atoms with van der Waals surface area (Å²) in [7, 11) is 0. The number of anilines is 2. The van der Waals surface area contributed by atoms with E-state index >= 15 is 0 Å². The van der Waals surface area contributed by atoms with Gasteiger partial charge in [-0.25, -0.2) is 0 Å². The van der Waals surface area contributed by atoms with E-state index in [4.69, 9.17) is 4.42 Å². The van der Waals surface area contributed by atoms with Crippen molar-refractivity contribution in [3.8, 4) is 44.5 Å². The standard InChI is InChI=1S/C51H37NO/c1-51(2)45-23-11-9-19-39(45)40-28-26-32(30-46(40)51)52(33-27-29-42-41-20-10-12-25-48(41)53-49(42)31-33)47-24-13-22-44-38-17-6-5-16-36(38)34-14-3-4-15-35(34)37-18-7-8-21-43(37)50(44)47/h3-31,40,46H,1-2H3. The van der Waals surface area contributed by atoms with E-state index in [-0.39, 0.29) is 5.41 Å². The van der Waals surface area contributed by atoms with Crippen LogP contribution in [0.2, 0.25) is 0 Å². The zero-order valence-corrected chi connectivity index (χ0v) is 29.8. The molecule has 0 bridgehead atoms. The molecule has 2 nitrogen and oxygen atoms in total. The Balaban J connectivity index is 1.20. The highest BCUT2D eigenvalue weighted by Gasteiger charge is 2.45. The highest BCUT2D eigenvalue weighted by molar-refractivity contribution is 6.09. The van der Waals surface area contributed by atoms with Crippen LogP contribution in [-0.2, 0) is 5.41 Å². The minimum atomic E-state index is -0.0214. The number of allylic oxidation sites excluding steroid dienone is 3. The molecule has 3 aliphatic rings. The van der Waals surface area contributed by atoms with Gasteiger partial charge >= 0.3 is 0 Å². The molecule has 2 unspecified atom stereocenters. The van der Waals surface area contributed by atoms with Crippen LogP contribution in [0.1, 0.15) is 30.9 Å². The van der Waals surface area contributed by atoms with E-state index in [1.165, 1.54) is 61.3 Å². The molecule has 0 spiro atoms. The Morgan fingerprint density at radius 1 is 0.528 bits per heavy atom. The van der Waals surface area contributed by atoms with Gasteiger partial charge in [-0.2, -0.15) is 0 Å². The highest BCUT2D eigenvalue weighted by Crippen LogP contribution is 2.56. The van der Waals surface area contributed by atoms with Crippen LogP contribution in [0.4, 0.5) is 11.4 Å². The Bertz CT molecular complexity index is 2840. The molecule has 11 rings (SSSR count). The second-order valence-corrected chi connectivity index (χ2v) is 15.3. The van der Waals surface area contributed by atoms with E-state index < -0.39 is 0 Å². The second-order valence-electron chi connectivity index (χ2n) is 15.3. The molecule has 2 heteroatoms. The van der Waals surface area contributed by atoms with E-state index in [0.717, 1.165) is 33.3 Å². The molecule has 53 heavy (non-hydrogen) atoms. The van der Waals surface area contributed by atoms with E-state index in [1.807, 2.05) is 6.07 Å². The second kappa shape index (κ2) is 11.3. The van der Waals surface area contributed by atoms with Crippen LogP contribution in [-0.4, -0.2) is 0 Å². The van der Waals surface area contributed by atoms with E-state index in [1.54, 1.807) is 0 Å². The molecule has 0 N–H and O–H groups in total. The van der Waals surface area contributed by atoms with Crippen LogP contribution in [0.15, 0.2) is 186 Å². The fraction of sp³-hybridized carbons (Fsp3) is 0.0980. The summed E-state index contributed by atoms with van der Waals surface area (Å²) < 4.78 is 6.54. The zero-order valence-electron chi connectivity index (χ0n) is 29.8. The molecule has 0 amide bonds. The van der Waals surface area contributed by atoms with Gasteiger partial charge in [0.05, 0.1) is 5.69 Å². The van der Waals surface area contributed by atoms with Gasteiger partial charge in [-0.15, -0.1) is 0 Å². The average Bonchev–Trinajstić information content (AvgIpc) is 3.69. The minimum absolute atomic E-state index is 0.0214. The van der Waals surface area contributed by atoms with Crippen molar-refractivity contribution in [3.63, 3.8) is 0 Å². The molecular formula is C51H37NO. The van der Waals surface area contributed by atoms with Gasteiger partial charge in [0.15, 0.2) is 0 Å². The van der Waals surface area contributed by atoms with Crippen molar-refractivity contribution in [1.82, 2.24) is 0 Å². The molecule has 2 atom stereocenters. The molecule has 8 aromatic rings. The maximum atomic E-state index is 6.54. The number of rotatable bonds is 3. The zero-order chi connectivity index (χ0) is 35.3. The van der Waals surface area contributed by atoms with Crippen molar-refractivity contribution in [2.24, 2.45) is 5.92 Å². The van der Waals surface area contributed by atoms with E-state index in [2.05, 4.69) is 189 Å². The number of hydrogen-bond donors (Lipinski definition) is 0. The first-order valence-corrected chi connectivity index (χ1v) is 18.7. The van der Waals surface area contributed by atoms with Gasteiger partial charge in [0.25, 0.3) is 0 Å². The van der Waals surface area contributed by atoms with Crippen molar-refractivity contribution in [2.45, 2.75) is 25.2 Å². The number of furan rings is 1. The third-order valence-corrected chi connectivity index (χ3v) is 12.1. The first-order chi connectivity index (χ1) is 26.1. The predicted octanol–water partition coefficient (Wildman–Crippen LogP) is 13.9. The number of fused-ring (bicyclic) bond motifs is 14. The van der Waals surface area contributed by atoms with Crippen LogP contribution in [0.25, 0.3) is 66.4 Å². The Morgan fingerprint density at radius 3 is 1.87 bits per heavy atom. The lowest BCUT2D eigenvalue weighted by Crippen LogP contribution is -2.28. The molecule has 3 aliphatic carbocycles. The van der Waals surface area contributed by atoms with Gasteiger partial charge in [0.1, 0.15) is 11.2 Å². The highest BCUT2D eigenvalue weighted by atomic mass is 16.3. The molecule has 1 aromatic heterocycles. The van der Waals surface area contributed by atoms with Crippen LogP contribution >= 0.6 is 0 Å². The first kappa shape index (κ1) is 30.3. The Morgan fingerprint density at radius 2 is 1.11 bits per heavy atom. The summed E-state index contributed by atoms with van der Waals surface area (Å²) in [5.41, 5.74) is 17.9. The summed E-state index contributed by atoms with van der Waals surface area (Å²) in [5, 5.41) is 2.27. The summed E-state index contributed by atoms with van der Waals surface area (Å²) in [6, 6.07) is 57.7. The number of hydrogen-bond acceptors (Lipinski definition) is 2. The number of para-hydroxylation sites is 1. The lowest BCUT2D eigenvalue weighted by molar-refractivity contribution is 0.392. The summed E-state index contributed by atoms with van der Waals surface area (Å²) >= 11 is 0. The molecule has 1 heterocycles. The van der Waals surface area contributed by atoms with Crippen molar-refractivity contribution in [2.75, 3.05) is 4.90 Å². The fourth-order valence-corrected chi connectivity index (χ4v) is 9.68. The van der Waals surface area contributed by atoms with E-state index in [9.17, 15) is 0 Å². The van der Waals surface area contributed by atoms with E-state index in [0.29, 0.717) is 11.8 Å². The van der Waals surface area contributed by atoms with Crippen molar-refractivity contribution < 1.29 is 4.42 Å². The van der Waals surface area contributed by atoms with Gasteiger partial charge in [-0.1, -0.05) is 153 Å². The van der Waals surface area contributed by atoms with Crippen LogP contribution in [0, 0.1) is 5.92 Å². The Kier molecular flexibility index (Phi) is 6.46. The molecule has 7 aromatic carbocycles. The van der Waals surface area contributed by atoms with Gasteiger partial charge in [0, 0.05) is 39.7 Å². The number of nitrogens with zero attached hydrogens (tertiary/aromatic N) is 1. The number of benzene rings is 7. The SMILES string of the molecule is CC1(C)c2ccccc2C2C=CC(N(c3ccc4c(c3)oc3ccccc34)c3cccc4c3-c3ccccc3-c3ccccc3-c3ccccc3-4)=CC21. The molecule has 0 fully saturated rings. The molecule has 0 saturated carbocycles. The topological polar surface area (TPSA) is 16.4 Å². The van der Waals surface area contributed by atoms with Crippen LogP contribution in [0.5, 0.6) is 0 Å². The van der Waals surface area contributed by atoms with Gasteiger partial charge in [-0.3, -0.25) is 0 Å². The predicted molar refractivity (Wildman–Crippen MR) is 221 cm³/mol. The average molecular weight is 680 g/mol. The molecule has 0 saturated heterocycles. The van der Waals surface area contributed by atoms with Gasteiger partial charge < -0.3 is 9.32 Å². The molecule has 252 valence electrons. The smallest absolute Gasteiger partial charge is 0.137 e. The van der Waals surface area contributed by atoms with Crippen molar-refractivity contribution in [1.29, 1.82) is 0 Å². The maximum absolute atomic E-state index is 6.54. The Hall–Kier alpha value is -6.38. The van der Waals surface area contributed by atoms with Crippen LogP contribution < -0.4 is 4.90 Å². The maximum Gasteiger partial charge on any atom is 0.137 e. The third kappa shape index (κ3) is 4.39. The Labute approximate surface area is 310 Å². The monoisotopic (exact) mass is 679 g/mol. The first-order valence-electron chi connectivity index (χ1n) is 18.7. The quantitative estimate of drug-likeness (QED) is 0.185. The van der Waals surface area contributed by atoms with Crippen molar-refractivity contribution >= 4 is 33.3 Å². The summed E-state index contributed by atoms with van der Waals surface area (Å²) in [6.07, 6.45) is 7.36. The normalized spacial score (nSPS) is 17.4. The molecule has 0 radical (unpaired) electrons. The molecular weight excluding hydrogens is 643 g/mol. The summed E-state index contributed by atoms with van der Waals surface area (Å²) in [6.45, 7) is 4.83. The van der Waals surface area contributed by atoms with Crippen LogP contribution in [0.3, 0.4) is 0 Å². The summed E-state index contributed by atoms with van der Waals surface area (Å²) in [4.78, 5) is 2.49. The van der Waals surface area contributed by atoms with Gasteiger partial charge in [-0.05, 0) is 91.7 Å². The fourth-order valence-electron chi connectivity index (χ4n) is 9.68. The van der Waals surface area contributed by atoms with Gasteiger partial charge in [0.2, 0.25) is 0 Å². The third-order valence-electron chi connectivity index (χ3n) is 12.1. The summed E-state index contributed by atoms with van der Waals surface area (Å²) in [5.74, 6) is 0.646. The lowest BCUT2D eigenvalue weighted by atomic mass is 9.74. The minimum Gasteiger partial charge on any atom is -0.456 e. The van der Waals surface area contributed by atoms with Crippen molar-refractivity contribution in [3.05, 3.63) is 193 Å². The lowest BCUT2D eigenvalue weighted by Gasteiger charge is -2.36.